The van der Waals surface area contributed by atoms with Crippen LogP contribution < -0.4 is 10.1 Å². The number of carbonyl (C=O) groups excluding carboxylic acids is 1. The lowest BCUT2D eigenvalue weighted by molar-refractivity contribution is 0.103. The fraction of sp³-hybridized carbons (Fsp3) is 0.0769. The van der Waals surface area contributed by atoms with Crippen LogP contribution in [0.25, 0.3) is 10.6 Å². The zero-order chi connectivity index (χ0) is 21.0. The van der Waals surface area contributed by atoms with Crippen molar-refractivity contribution in [2.24, 2.45) is 0 Å². The van der Waals surface area contributed by atoms with E-state index in [1.807, 2.05) is 66.7 Å². The van der Waals surface area contributed by atoms with E-state index in [4.69, 9.17) is 4.74 Å². The molecule has 0 aliphatic carbocycles. The van der Waals surface area contributed by atoms with Crippen LogP contribution in [-0.4, -0.2) is 17.5 Å². The number of benzene rings is 3. The first-order valence-corrected chi connectivity index (χ1v) is 10.8. The largest absolute Gasteiger partial charge is 0.493 e. The lowest BCUT2D eigenvalue weighted by Gasteiger charge is -2.03. The Balaban J connectivity index is 1.30. The molecule has 1 aliphatic heterocycles. The predicted octanol–water partition coefficient (Wildman–Crippen LogP) is 5.40. The fourth-order valence-electron chi connectivity index (χ4n) is 3.37. The third kappa shape index (κ3) is 4.35. The first kappa shape index (κ1) is 19.1. The van der Waals surface area contributed by atoms with Crippen molar-refractivity contribution in [2.45, 2.75) is 6.42 Å². The summed E-state index contributed by atoms with van der Waals surface area (Å²) in [5.74, 6) is 7.03. The summed E-state index contributed by atoms with van der Waals surface area (Å²) >= 11 is 1.38. The number of amides is 1. The molecule has 0 unspecified atom stereocenters. The van der Waals surface area contributed by atoms with Gasteiger partial charge in [-0.25, -0.2) is 4.98 Å². The standard InChI is InChI=1S/C26H18N2O2S/c29-25(24-17-27-26(31-24)21-11-12-23-20(16-21)13-14-30-23)28-22-8-4-7-19(15-22)10-9-18-5-2-1-3-6-18/h1-8,11-12,15-17H,13-14H2,(H,28,29). The second-order valence-corrected chi connectivity index (χ2v) is 8.13. The van der Waals surface area contributed by atoms with E-state index in [2.05, 4.69) is 28.2 Å². The molecule has 0 saturated heterocycles. The number of fused-ring (bicyclic) bond motifs is 1. The molecule has 1 N–H and O–H groups in total. The Morgan fingerprint density at radius 3 is 2.71 bits per heavy atom. The van der Waals surface area contributed by atoms with Crippen LogP contribution in [0.4, 0.5) is 5.69 Å². The molecule has 0 fully saturated rings. The van der Waals surface area contributed by atoms with Crippen LogP contribution in [0.3, 0.4) is 0 Å². The van der Waals surface area contributed by atoms with Gasteiger partial charge in [-0.15, -0.1) is 11.3 Å². The van der Waals surface area contributed by atoms with Gasteiger partial charge in [-0.2, -0.15) is 0 Å². The van der Waals surface area contributed by atoms with Crippen LogP contribution in [0.15, 0.2) is 79.0 Å². The summed E-state index contributed by atoms with van der Waals surface area (Å²) in [5, 5.41) is 3.77. The Morgan fingerprint density at radius 2 is 1.81 bits per heavy atom. The van der Waals surface area contributed by atoms with Gasteiger partial charge in [-0.3, -0.25) is 4.79 Å². The molecular weight excluding hydrogens is 404 g/mol. The number of hydrogen-bond donors (Lipinski definition) is 1. The number of carbonyl (C=O) groups is 1. The fourth-order valence-corrected chi connectivity index (χ4v) is 4.17. The van der Waals surface area contributed by atoms with Crippen molar-refractivity contribution >= 4 is 22.9 Å². The average Bonchev–Trinajstić information content (AvgIpc) is 3.48. The van der Waals surface area contributed by atoms with E-state index in [0.29, 0.717) is 10.6 Å². The van der Waals surface area contributed by atoms with E-state index >= 15 is 0 Å². The van der Waals surface area contributed by atoms with Crippen LogP contribution in [-0.2, 0) is 6.42 Å². The molecular formula is C26H18N2O2S. The predicted molar refractivity (Wildman–Crippen MR) is 124 cm³/mol. The Hall–Kier alpha value is -3.88. The van der Waals surface area contributed by atoms with Gasteiger partial charge in [0.15, 0.2) is 0 Å². The third-order valence-electron chi connectivity index (χ3n) is 4.91. The van der Waals surface area contributed by atoms with Crippen LogP contribution >= 0.6 is 11.3 Å². The lowest BCUT2D eigenvalue weighted by atomic mass is 10.1. The van der Waals surface area contributed by atoms with Gasteiger partial charge >= 0.3 is 0 Å². The van der Waals surface area contributed by atoms with Gasteiger partial charge in [0.2, 0.25) is 0 Å². The molecule has 5 heteroatoms. The van der Waals surface area contributed by atoms with Crippen molar-refractivity contribution in [3.05, 3.63) is 101 Å². The number of nitrogens with one attached hydrogen (secondary N) is 1. The van der Waals surface area contributed by atoms with Crippen LogP contribution in [0.1, 0.15) is 26.4 Å². The molecule has 0 saturated carbocycles. The number of anilines is 1. The van der Waals surface area contributed by atoms with Crippen LogP contribution in [0.5, 0.6) is 5.75 Å². The van der Waals surface area contributed by atoms with E-state index in [-0.39, 0.29) is 5.91 Å². The minimum atomic E-state index is -0.179. The molecule has 0 spiro atoms. The highest BCUT2D eigenvalue weighted by atomic mass is 32.1. The van der Waals surface area contributed by atoms with Crippen LogP contribution in [0, 0.1) is 11.8 Å². The second-order valence-electron chi connectivity index (χ2n) is 7.10. The van der Waals surface area contributed by atoms with Crippen LogP contribution in [0.2, 0.25) is 0 Å². The Morgan fingerprint density at radius 1 is 0.968 bits per heavy atom. The summed E-state index contributed by atoms with van der Waals surface area (Å²) in [6, 6.07) is 23.4. The quantitative estimate of drug-likeness (QED) is 0.450. The molecule has 0 bridgehead atoms. The monoisotopic (exact) mass is 422 g/mol. The van der Waals surface area contributed by atoms with Crippen molar-refractivity contribution in [3.63, 3.8) is 0 Å². The Kier molecular flexibility index (Phi) is 5.22. The maximum atomic E-state index is 12.7. The van der Waals surface area contributed by atoms with E-state index in [1.165, 1.54) is 16.9 Å². The van der Waals surface area contributed by atoms with Gasteiger partial charge in [0.05, 0.1) is 12.8 Å². The zero-order valence-corrected chi connectivity index (χ0v) is 17.4. The van der Waals surface area contributed by atoms with E-state index in [1.54, 1.807) is 6.20 Å². The molecule has 0 atom stereocenters. The molecule has 1 amide bonds. The molecule has 2 heterocycles. The molecule has 4 aromatic rings. The summed E-state index contributed by atoms with van der Waals surface area (Å²) < 4.78 is 5.56. The van der Waals surface area contributed by atoms with Crippen molar-refractivity contribution in [3.8, 4) is 28.2 Å². The molecule has 1 aromatic heterocycles. The smallest absolute Gasteiger partial charge is 0.267 e. The Labute approximate surface area is 184 Å². The molecule has 3 aromatic carbocycles. The average molecular weight is 423 g/mol. The number of aromatic nitrogens is 1. The molecule has 150 valence electrons. The maximum Gasteiger partial charge on any atom is 0.267 e. The number of thiazole rings is 1. The molecule has 0 radical (unpaired) electrons. The summed E-state index contributed by atoms with van der Waals surface area (Å²) in [6.45, 7) is 0.721. The summed E-state index contributed by atoms with van der Waals surface area (Å²) in [6.07, 6.45) is 2.53. The van der Waals surface area contributed by atoms with Crippen molar-refractivity contribution in [1.82, 2.24) is 4.98 Å². The first-order valence-electron chi connectivity index (χ1n) is 9.95. The summed E-state index contributed by atoms with van der Waals surface area (Å²) in [7, 11) is 0. The number of rotatable bonds is 3. The number of nitrogens with zero attached hydrogens (tertiary/aromatic N) is 1. The summed E-state index contributed by atoms with van der Waals surface area (Å²) in [5.41, 5.74) is 4.69. The molecule has 5 rings (SSSR count). The topological polar surface area (TPSA) is 51.2 Å². The highest BCUT2D eigenvalue weighted by molar-refractivity contribution is 7.17. The van der Waals surface area contributed by atoms with Gasteiger partial charge in [-0.05, 0) is 54.1 Å². The van der Waals surface area contributed by atoms with Crippen molar-refractivity contribution < 1.29 is 9.53 Å². The van der Waals surface area contributed by atoms with Gasteiger partial charge < -0.3 is 10.1 Å². The van der Waals surface area contributed by atoms with Gasteiger partial charge in [-0.1, -0.05) is 36.1 Å². The van der Waals surface area contributed by atoms with E-state index in [9.17, 15) is 4.79 Å². The van der Waals surface area contributed by atoms with Crippen molar-refractivity contribution in [1.29, 1.82) is 0 Å². The molecule has 31 heavy (non-hydrogen) atoms. The maximum absolute atomic E-state index is 12.7. The zero-order valence-electron chi connectivity index (χ0n) is 16.6. The van der Waals surface area contributed by atoms with E-state index in [0.717, 1.165) is 40.5 Å². The molecule has 1 aliphatic rings. The van der Waals surface area contributed by atoms with Gasteiger partial charge in [0.1, 0.15) is 15.6 Å². The van der Waals surface area contributed by atoms with E-state index < -0.39 is 0 Å². The van der Waals surface area contributed by atoms with Crippen molar-refractivity contribution in [2.75, 3.05) is 11.9 Å². The SMILES string of the molecule is O=C(Nc1cccc(C#Cc2ccccc2)c1)c1cnc(-c2ccc3c(c2)CCO3)s1. The first-order chi connectivity index (χ1) is 15.2. The second kappa shape index (κ2) is 8.47. The normalized spacial score (nSPS) is 11.7. The van der Waals surface area contributed by atoms with Gasteiger partial charge in [0, 0.05) is 28.8 Å². The third-order valence-corrected chi connectivity index (χ3v) is 5.96. The number of ether oxygens (including phenoxy) is 1. The minimum Gasteiger partial charge on any atom is -0.493 e. The minimum absolute atomic E-state index is 0.179. The highest BCUT2D eigenvalue weighted by Crippen LogP contribution is 2.32. The Bertz CT molecular complexity index is 1320. The molecule has 4 nitrogen and oxygen atoms in total. The highest BCUT2D eigenvalue weighted by Gasteiger charge is 2.16. The lowest BCUT2D eigenvalue weighted by Crippen LogP contribution is -2.10. The van der Waals surface area contributed by atoms with Gasteiger partial charge in [0.25, 0.3) is 5.91 Å². The summed E-state index contributed by atoms with van der Waals surface area (Å²) in [4.78, 5) is 17.8. The number of hydrogen-bond acceptors (Lipinski definition) is 4.